The van der Waals surface area contributed by atoms with Crippen LogP contribution in [0.3, 0.4) is 0 Å². The first-order valence-electron chi connectivity index (χ1n) is 7.12. The van der Waals surface area contributed by atoms with Gasteiger partial charge in [-0.15, -0.1) is 0 Å². The van der Waals surface area contributed by atoms with Crippen molar-refractivity contribution in [3.63, 3.8) is 0 Å². The molecule has 0 radical (unpaired) electrons. The van der Waals surface area contributed by atoms with Gasteiger partial charge in [-0.3, -0.25) is 0 Å². The highest BCUT2D eigenvalue weighted by atomic mass is 14.9. The van der Waals surface area contributed by atoms with Crippen molar-refractivity contribution in [3.05, 3.63) is 59.2 Å². The molecule has 98 valence electrons. The molecule has 3 rings (SSSR count). The van der Waals surface area contributed by atoms with Crippen molar-refractivity contribution in [1.82, 2.24) is 5.32 Å². The fraction of sp³-hybridized carbons (Fsp3) is 0.333. The van der Waals surface area contributed by atoms with E-state index in [4.69, 9.17) is 0 Å². The van der Waals surface area contributed by atoms with Crippen molar-refractivity contribution in [2.75, 3.05) is 0 Å². The van der Waals surface area contributed by atoms with Crippen LogP contribution in [0.15, 0.2) is 42.5 Å². The Hall–Kier alpha value is -1.60. The molecule has 1 fully saturated rings. The molecule has 0 amide bonds. The highest BCUT2D eigenvalue weighted by molar-refractivity contribution is 5.68. The SMILES string of the molecule is Cc1ccc(C)c(-c2cccc(CNC3CC3)c2)c1. The standard InChI is InChI=1S/C18H21N/c1-13-6-7-14(2)18(10-13)16-5-3-4-15(11-16)12-19-17-8-9-17/h3-7,10-11,17,19H,8-9,12H2,1-2H3. The Morgan fingerprint density at radius 2 is 1.89 bits per heavy atom. The predicted molar refractivity (Wildman–Crippen MR) is 81.2 cm³/mol. The Morgan fingerprint density at radius 3 is 2.68 bits per heavy atom. The molecular formula is C18H21N. The van der Waals surface area contributed by atoms with Gasteiger partial charge in [0, 0.05) is 12.6 Å². The summed E-state index contributed by atoms with van der Waals surface area (Å²) >= 11 is 0. The fourth-order valence-corrected chi connectivity index (χ4v) is 2.45. The van der Waals surface area contributed by atoms with Crippen molar-refractivity contribution < 1.29 is 0 Å². The minimum Gasteiger partial charge on any atom is -0.310 e. The molecule has 0 aromatic heterocycles. The van der Waals surface area contributed by atoms with Crippen LogP contribution in [0.25, 0.3) is 11.1 Å². The van der Waals surface area contributed by atoms with Gasteiger partial charge in [0.15, 0.2) is 0 Å². The van der Waals surface area contributed by atoms with Crippen molar-refractivity contribution in [3.8, 4) is 11.1 Å². The molecule has 1 aliphatic rings. The predicted octanol–water partition coefficient (Wildman–Crippen LogP) is 4.22. The molecule has 1 N–H and O–H groups in total. The third-order valence-electron chi connectivity index (χ3n) is 3.80. The number of nitrogens with one attached hydrogen (secondary N) is 1. The summed E-state index contributed by atoms with van der Waals surface area (Å²) in [7, 11) is 0. The quantitative estimate of drug-likeness (QED) is 0.857. The van der Waals surface area contributed by atoms with Crippen molar-refractivity contribution in [1.29, 1.82) is 0 Å². The average molecular weight is 251 g/mol. The van der Waals surface area contributed by atoms with Crippen LogP contribution >= 0.6 is 0 Å². The summed E-state index contributed by atoms with van der Waals surface area (Å²) in [6, 6.07) is 16.3. The Labute approximate surface area is 115 Å². The minimum atomic E-state index is 0.768. The second-order valence-corrected chi connectivity index (χ2v) is 5.67. The summed E-state index contributed by atoms with van der Waals surface area (Å²) < 4.78 is 0. The lowest BCUT2D eigenvalue weighted by Crippen LogP contribution is -2.15. The molecule has 2 aromatic rings. The second-order valence-electron chi connectivity index (χ2n) is 5.67. The first-order valence-corrected chi connectivity index (χ1v) is 7.12. The van der Waals surface area contributed by atoms with Gasteiger partial charge in [-0.25, -0.2) is 0 Å². The summed E-state index contributed by atoms with van der Waals surface area (Å²) in [4.78, 5) is 0. The van der Waals surface area contributed by atoms with Crippen LogP contribution in [0.2, 0.25) is 0 Å². The van der Waals surface area contributed by atoms with Crippen molar-refractivity contribution in [2.45, 2.75) is 39.3 Å². The third kappa shape index (κ3) is 3.05. The topological polar surface area (TPSA) is 12.0 Å². The molecule has 2 aromatic carbocycles. The number of hydrogen-bond donors (Lipinski definition) is 1. The van der Waals surface area contributed by atoms with Gasteiger partial charge in [-0.1, -0.05) is 42.0 Å². The maximum absolute atomic E-state index is 3.58. The molecule has 0 aliphatic heterocycles. The molecule has 1 saturated carbocycles. The molecule has 0 atom stereocenters. The third-order valence-corrected chi connectivity index (χ3v) is 3.80. The summed E-state index contributed by atoms with van der Waals surface area (Å²) in [5.41, 5.74) is 6.73. The van der Waals surface area contributed by atoms with Crippen molar-refractivity contribution >= 4 is 0 Å². The van der Waals surface area contributed by atoms with Crippen LogP contribution in [0, 0.1) is 13.8 Å². The van der Waals surface area contributed by atoms with Crippen molar-refractivity contribution in [2.24, 2.45) is 0 Å². The van der Waals surface area contributed by atoms with Crippen LogP contribution in [-0.2, 0) is 6.54 Å². The van der Waals surface area contributed by atoms with Crippen LogP contribution in [0.4, 0.5) is 0 Å². The molecule has 0 spiro atoms. The molecule has 0 heterocycles. The number of aryl methyl sites for hydroxylation is 2. The Bertz CT molecular complexity index is 582. The van der Waals surface area contributed by atoms with Crippen LogP contribution < -0.4 is 5.32 Å². The van der Waals surface area contributed by atoms with E-state index in [1.165, 1.54) is 40.7 Å². The first kappa shape index (κ1) is 12.4. The van der Waals surface area contributed by atoms with E-state index >= 15 is 0 Å². The molecule has 1 nitrogen and oxygen atoms in total. The summed E-state index contributed by atoms with van der Waals surface area (Å²) in [6.45, 7) is 5.33. The van der Waals surface area contributed by atoms with Gasteiger partial charge in [-0.05, 0) is 55.0 Å². The molecule has 1 aliphatic carbocycles. The van der Waals surface area contributed by atoms with Gasteiger partial charge in [0.05, 0.1) is 0 Å². The lowest BCUT2D eigenvalue weighted by Gasteiger charge is -2.10. The smallest absolute Gasteiger partial charge is 0.0208 e. The number of rotatable bonds is 4. The normalized spacial score (nSPS) is 14.6. The summed E-state index contributed by atoms with van der Waals surface area (Å²) in [5, 5.41) is 3.58. The molecule has 0 saturated heterocycles. The van der Waals surface area contributed by atoms with Crippen LogP contribution in [0.5, 0.6) is 0 Å². The van der Waals surface area contributed by atoms with E-state index in [-0.39, 0.29) is 0 Å². The molecule has 0 unspecified atom stereocenters. The monoisotopic (exact) mass is 251 g/mol. The Kier molecular flexibility index (Phi) is 3.39. The largest absolute Gasteiger partial charge is 0.310 e. The number of benzene rings is 2. The van der Waals surface area contributed by atoms with E-state index < -0.39 is 0 Å². The average Bonchev–Trinajstić information content (AvgIpc) is 3.24. The zero-order valence-corrected chi connectivity index (χ0v) is 11.7. The Morgan fingerprint density at radius 1 is 1.05 bits per heavy atom. The molecule has 1 heteroatoms. The lowest BCUT2D eigenvalue weighted by atomic mass is 9.97. The van der Waals surface area contributed by atoms with Gasteiger partial charge in [0.2, 0.25) is 0 Å². The highest BCUT2D eigenvalue weighted by Crippen LogP contribution is 2.26. The maximum Gasteiger partial charge on any atom is 0.0208 e. The van der Waals surface area contributed by atoms with E-state index in [0.29, 0.717) is 0 Å². The Balaban J connectivity index is 1.86. The van der Waals surface area contributed by atoms with Gasteiger partial charge >= 0.3 is 0 Å². The fourth-order valence-electron chi connectivity index (χ4n) is 2.45. The van der Waals surface area contributed by atoms with E-state index in [0.717, 1.165) is 12.6 Å². The van der Waals surface area contributed by atoms with E-state index in [9.17, 15) is 0 Å². The second kappa shape index (κ2) is 5.18. The minimum absolute atomic E-state index is 0.768. The highest BCUT2D eigenvalue weighted by Gasteiger charge is 2.19. The van der Waals surface area contributed by atoms with Gasteiger partial charge in [0.25, 0.3) is 0 Å². The first-order chi connectivity index (χ1) is 9.22. The van der Waals surface area contributed by atoms with Gasteiger partial charge in [0.1, 0.15) is 0 Å². The maximum atomic E-state index is 3.58. The van der Waals surface area contributed by atoms with E-state index in [1.54, 1.807) is 0 Å². The van der Waals surface area contributed by atoms with Crippen LogP contribution in [-0.4, -0.2) is 6.04 Å². The number of hydrogen-bond acceptors (Lipinski definition) is 1. The molecular weight excluding hydrogens is 230 g/mol. The zero-order valence-electron chi connectivity index (χ0n) is 11.7. The van der Waals surface area contributed by atoms with Crippen LogP contribution in [0.1, 0.15) is 29.5 Å². The van der Waals surface area contributed by atoms with E-state index in [2.05, 4.69) is 61.6 Å². The van der Waals surface area contributed by atoms with Gasteiger partial charge in [-0.2, -0.15) is 0 Å². The molecule has 0 bridgehead atoms. The lowest BCUT2D eigenvalue weighted by molar-refractivity contribution is 0.688. The molecule has 19 heavy (non-hydrogen) atoms. The summed E-state index contributed by atoms with van der Waals surface area (Å²) in [6.07, 6.45) is 2.69. The van der Waals surface area contributed by atoms with Gasteiger partial charge < -0.3 is 5.32 Å². The zero-order chi connectivity index (χ0) is 13.2. The summed E-state index contributed by atoms with van der Waals surface area (Å²) in [5.74, 6) is 0. The van der Waals surface area contributed by atoms with E-state index in [1.807, 2.05) is 0 Å².